The van der Waals surface area contributed by atoms with Crippen LogP contribution in [0.15, 0.2) is 0 Å². The Morgan fingerprint density at radius 2 is 0.700 bits per heavy atom. The van der Waals surface area contributed by atoms with E-state index in [1.165, 1.54) is 16.2 Å². The van der Waals surface area contributed by atoms with Gasteiger partial charge in [0.2, 0.25) is 0 Å². The Labute approximate surface area is 102 Å². The molecular weight excluding hydrogens is 263 g/mol. The molecule has 0 aromatic carbocycles. The van der Waals surface area contributed by atoms with Gasteiger partial charge < -0.3 is 37.9 Å². The number of hydrogen-bond donors (Lipinski definition) is 0. The molecule has 0 aliphatic rings. The molecule has 0 amide bonds. The van der Waals surface area contributed by atoms with E-state index in [1.807, 2.05) is 0 Å². The number of nitrogens with zero attached hydrogens (tertiary/aromatic N) is 3. The Morgan fingerprint density at radius 3 is 0.700 bits per heavy atom. The molecule has 0 aliphatic carbocycles. The van der Waals surface area contributed by atoms with E-state index in [0.717, 1.165) is 0 Å². The average molecular weight is 263 g/mol. The van der Waals surface area contributed by atoms with E-state index >= 15 is 0 Å². The summed E-state index contributed by atoms with van der Waals surface area (Å²) in [6.07, 6.45) is 0. The molecule has 3 nitrogen and oxygen atoms in total. The van der Waals surface area contributed by atoms with Crippen LogP contribution in [-0.4, -0.2) is 0 Å². The molecule has 0 radical (unpaired) electrons. The molecule has 48 valence electrons. The quantitative estimate of drug-likeness (QED) is 0.454. The van der Waals surface area contributed by atoms with Gasteiger partial charge in [-0.05, 0) is 0 Å². The summed E-state index contributed by atoms with van der Waals surface area (Å²) in [5, 5.41) is 25.4. The minimum Gasteiger partial charge on any atom is -0.696 e. The van der Waals surface area contributed by atoms with Crippen LogP contribution in [0.5, 0.6) is 0 Å². The van der Waals surface area contributed by atoms with Crippen LogP contribution < -0.4 is 0 Å². The molecule has 0 atom stereocenters. The fourth-order valence-electron chi connectivity index (χ4n) is 0. The molecular formula is C3N3S3Y. The fraction of sp³-hybridized carbons (Fsp3) is 0. The van der Waals surface area contributed by atoms with Gasteiger partial charge in [-0.2, -0.15) is 0 Å². The monoisotopic (exact) mass is 263 g/mol. The largest absolute Gasteiger partial charge is 3.00 e. The normalized spacial score (nSPS) is 2.10. The van der Waals surface area contributed by atoms with Crippen LogP contribution in [0.2, 0.25) is 0 Å². The van der Waals surface area contributed by atoms with Gasteiger partial charge in [-0.15, -0.1) is 0 Å². The van der Waals surface area contributed by atoms with Gasteiger partial charge in [-0.1, -0.05) is 16.2 Å². The van der Waals surface area contributed by atoms with Crippen molar-refractivity contribution in [3.63, 3.8) is 0 Å². The molecule has 7 heteroatoms. The van der Waals surface area contributed by atoms with E-state index in [0.29, 0.717) is 0 Å². The molecule has 0 aliphatic heterocycles. The summed E-state index contributed by atoms with van der Waals surface area (Å²) in [4.78, 5) is 0. The van der Waals surface area contributed by atoms with E-state index in [2.05, 4.69) is 37.9 Å². The first-order valence-corrected chi connectivity index (χ1v) is 2.51. The van der Waals surface area contributed by atoms with E-state index in [4.69, 9.17) is 15.8 Å². The first-order chi connectivity index (χ1) is 4.24. The van der Waals surface area contributed by atoms with E-state index < -0.39 is 0 Å². The zero-order valence-electron chi connectivity index (χ0n) is 4.64. The fourth-order valence-corrected chi connectivity index (χ4v) is 0. The molecule has 0 saturated carbocycles. The zero-order chi connectivity index (χ0) is 8.12. The summed E-state index contributed by atoms with van der Waals surface area (Å²) in [5.41, 5.74) is 0. The van der Waals surface area contributed by atoms with Crippen LogP contribution in [0.1, 0.15) is 0 Å². The van der Waals surface area contributed by atoms with Crippen molar-refractivity contribution >= 4 is 37.9 Å². The van der Waals surface area contributed by atoms with Crippen molar-refractivity contribution in [3.05, 3.63) is 0 Å². The van der Waals surface area contributed by atoms with E-state index in [-0.39, 0.29) is 32.7 Å². The summed E-state index contributed by atoms with van der Waals surface area (Å²) in [7, 11) is 0. The van der Waals surface area contributed by atoms with Crippen LogP contribution >= 0.6 is 0 Å². The summed E-state index contributed by atoms with van der Waals surface area (Å²) in [6, 6.07) is 0. The standard InChI is InChI=1S/3CHNS.Y/c3*2-1-3;/h3*3H;/q;;;+3/p-3. The first-order valence-electron chi connectivity index (χ1n) is 1.28. The Hall–Kier alpha value is 0.234. The van der Waals surface area contributed by atoms with Gasteiger partial charge in [0.05, 0.1) is 0 Å². The third-order valence-corrected chi connectivity index (χ3v) is 0. The molecule has 0 bridgehead atoms. The Balaban J connectivity index is -0.0000000257. The molecule has 0 unspecified atom stereocenters. The van der Waals surface area contributed by atoms with Gasteiger partial charge in [-0.3, -0.25) is 0 Å². The van der Waals surface area contributed by atoms with E-state index in [1.54, 1.807) is 0 Å². The molecule has 0 fully saturated rings. The zero-order valence-corrected chi connectivity index (χ0v) is 9.93. The summed E-state index contributed by atoms with van der Waals surface area (Å²) < 4.78 is 0. The molecule has 0 spiro atoms. The Bertz CT molecular complexity index is 112. The maximum Gasteiger partial charge on any atom is 3.00 e. The molecule has 0 heterocycles. The third kappa shape index (κ3) is 7880. The first kappa shape index (κ1) is 22.5. The van der Waals surface area contributed by atoms with Crippen molar-refractivity contribution < 1.29 is 32.7 Å². The van der Waals surface area contributed by atoms with Crippen molar-refractivity contribution in [3.8, 4) is 16.2 Å². The van der Waals surface area contributed by atoms with Crippen molar-refractivity contribution in [2.45, 2.75) is 0 Å². The van der Waals surface area contributed by atoms with Gasteiger partial charge in [0.1, 0.15) is 0 Å². The molecule has 0 saturated heterocycles. The Kier molecular flexibility index (Phi) is 134. The molecule has 0 aromatic heterocycles. The predicted octanol–water partition coefficient (Wildman–Crippen LogP) is 0.0406. The predicted molar refractivity (Wildman–Crippen MR) is 38.9 cm³/mol. The molecule has 0 N–H and O–H groups in total. The second-order valence-electron chi connectivity index (χ2n) is 0.274. The molecule has 0 rings (SSSR count). The van der Waals surface area contributed by atoms with Crippen LogP contribution in [0.25, 0.3) is 0 Å². The van der Waals surface area contributed by atoms with Crippen LogP contribution in [-0.2, 0) is 70.6 Å². The van der Waals surface area contributed by atoms with Gasteiger partial charge in [-0.25, -0.2) is 15.8 Å². The van der Waals surface area contributed by atoms with Gasteiger partial charge in [0.15, 0.2) is 0 Å². The summed E-state index contributed by atoms with van der Waals surface area (Å²) in [5.74, 6) is 0. The van der Waals surface area contributed by atoms with Crippen molar-refractivity contribution in [2.24, 2.45) is 0 Å². The van der Waals surface area contributed by atoms with Crippen molar-refractivity contribution in [2.75, 3.05) is 0 Å². The minimum absolute atomic E-state index is 0. The minimum atomic E-state index is 0. The number of hydrogen-bond acceptors (Lipinski definition) is 6. The summed E-state index contributed by atoms with van der Waals surface area (Å²) >= 11 is 11.1. The van der Waals surface area contributed by atoms with Gasteiger partial charge in [0.25, 0.3) is 0 Å². The second kappa shape index (κ2) is 59.9. The molecule has 0 aromatic rings. The van der Waals surface area contributed by atoms with Crippen LogP contribution in [0.3, 0.4) is 0 Å². The summed E-state index contributed by atoms with van der Waals surface area (Å²) in [6.45, 7) is 0. The number of thiocyanates is 3. The number of rotatable bonds is 0. The maximum absolute atomic E-state index is 7.13. The smallest absolute Gasteiger partial charge is 0.696 e. The topological polar surface area (TPSA) is 71.4 Å². The number of nitriles is 3. The average Bonchev–Trinajstić information content (AvgIpc) is 1.70. The van der Waals surface area contributed by atoms with Crippen molar-refractivity contribution in [1.29, 1.82) is 15.8 Å². The maximum atomic E-state index is 7.13. The van der Waals surface area contributed by atoms with Gasteiger partial charge >= 0.3 is 32.7 Å². The van der Waals surface area contributed by atoms with E-state index in [9.17, 15) is 0 Å². The van der Waals surface area contributed by atoms with Gasteiger partial charge in [0, 0.05) is 0 Å². The van der Waals surface area contributed by atoms with Crippen LogP contribution in [0, 0.1) is 32.0 Å². The second-order valence-corrected chi connectivity index (χ2v) is 0.822. The SMILES string of the molecule is N#C[S-].N#C[S-].N#C[S-].[Y+3]. The third-order valence-electron chi connectivity index (χ3n) is 0. The van der Waals surface area contributed by atoms with Crippen LogP contribution in [0.4, 0.5) is 0 Å². The van der Waals surface area contributed by atoms with Crippen molar-refractivity contribution in [1.82, 2.24) is 0 Å². The Morgan fingerprint density at radius 1 is 0.700 bits per heavy atom. The molecule has 10 heavy (non-hydrogen) atoms.